The zero-order chi connectivity index (χ0) is 15.4. The number of nitrogens with zero attached hydrogens (tertiary/aromatic N) is 2. The van der Waals surface area contributed by atoms with Gasteiger partial charge in [0.1, 0.15) is 6.04 Å². The number of nitrogens with one attached hydrogen (secondary N) is 1. The van der Waals surface area contributed by atoms with Gasteiger partial charge in [-0.3, -0.25) is 14.6 Å². The van der Waals surface area contributed by atoms with E-state index in [4.69, 9.17) is 4.74 Å². The largest absolute Gasteiger partial charge is 0.465 e. The molecule has 3 atom stereocenters. The number of carbonyl (C=O) groups excluding carboxylic acids is 1. The molecule has 1 N–H and O–H groups in total. The molecule has 0 spiro atoms. The SMILES string of the molecule is CCOC(=O)C(CN1CCC2CCC(C1)N2C)NC(C)C. The van der Waals surface area contributed by atoms with Gasteiger partial charge in [0.25, 0.3) is 0 Å². The smallest absolute Gasteiger partial charge is 0.324 e. The van der Waals surface area contributed by atoms with Gasteiger partial charge in [-0.25, -0.2) is 0 Å². The van der Waals surface area contributed by atoms with Gasteiger partial charge >= 0.3 is 5.97 Å². The van der Waals surface area contributed by atoms with E-state index in [1.807, 2.05) is 6.92 Å². The van der Waals surface area contributed by atoms with Crippen molar-refractivity contribution in [2.24, 2.45) is 0 Å². The molecule has 2 bridgehead atoms. The van der Waals surface area contributed by atoms with Gasteiger partial charge in [-0.2, -0.15) is 0 Å². The molecule has 0 aromatic heterocycles. The normalized spacial score (nSPS) is 28.6. The highest BCUT2D eigenvalue weighted by Gasteiger charge is 2.35. The molecule has 0 amide bonds. The standard InChI is InChI=1S/C16H31N3O2/c1-5-21-16(20)15(17-12(2)3)11-19-9-8-13-6-7-14(10-19)18(13)4/h12-15,17H,5-11H2,1-4H3. The second kappa shape index (κ2) is 7.56. The molecule has 2 rings (SSSR count). The average molecular weight is 297 g/mol. The van der Waals surface area contributed by atoms with E-state index in [1.165, 1.54) is 19.3 Å². The van der Waals surface area contributed by atoms with Crippen molar-refractivity contribution < 1.29 is 9.53 Å². The highest BCUT2D eigenvalue weighted by Crippen LogP contribution is 2.28. The molecular weight excluding hydrogens is 266 g/mol. The van der Waals surface area contributed by atoms with Crippen LogP contribution in [0.3, 0.4) is 0 Å². The Balaban J connectivity index is 1.94. The molecular formula is C16H31N3O2. The molecule has 3 unspecified atom stereocenters. The summed E-state index contributed by atoms with van der Waals surface area (Å²) in [6.07, 6.45) is 3.84. The zero-order valence-corrected chi connectivity index (χ0v) is 14.0. The number of esters is 1. The van der Waals surface area contributed by atoms with Crippen LogP contribution in [0.5, 0.6) is 0 Å². The minimum Gasteiger partial charge on any atom is -0.465 e. The zero-order valence-electron chi connectivity index (χ0n) is 14.0. The van der Waals surface area contributed by atoms with Crippen LogP contribution in [0.1, 0.15) is 40.0 Å². The van der Waals surface area contributed by atoms with E-state index in [2.05, 4.69) is 36.0 Å². The van der Waals surface area contributed by atoms with Crippen LogP contribution in [-0.4, -0.2) is 73.2 Å². The van der Waals surface area contributed by atoms with Crippen LogP contribution in [0.2, 0.25) is 0 Å². The molecule has 0 aliphatic carbocycles. The van der Waals surface area contributed by atoms with Crippen molar-refractivity contribution in [2.45, 2.75) is 64.2 Å². The van der Waals surface area contributed by atoms with E-state index in [-0.39, 0.29) is 18.1 Å². The summed E-state index contributed by atoms with van der Waals surface area (Å²) in [5.41, 5.74) is 0. The van der Waals surface area contributed by atoms with Gasteiger partial charge in [0.05, 0.1) is 6.61 Å². The van der Waals surface area contributed by atoms with Crippen LogP contribution in [-0.2, 0) is 9.53 Å². The maximum atomic E-state index is 12.1. The Hall–Kier alpha value is -0.650. The third-order valence-electron chi connectivity index (χ3n) is 4.78. The van der Waals surface area contributed by atoms with Crippen molar-refractivity contribution in [1.29, 1.82) is 0 Å². The van der Waals surface area contributed by atoms with E-state index in [0.717, 1.165) is 25.7 Å². The van der Waals surface area contributed by atoms with E-state index in [1.54, 1.807) is 0 Å². The van der Waals surface area contributed by atoms with Crippen LogP contribution in [0, 0.1) is 0 Å². The van der Waals surface area contributed by atoms with Gasteiger partial charge in [-0.15, -0.1) is 0 Å². The lowest BCUT2D eigenvalue weighted by atomic mass is 10.1. The van der Waals surface area contributed by atoms with Crippen LogP contribution >= 0.6 is 0 Å². The molecule has 2 heterocycles. The Bertz CT molecular complexity index is 348. The van der Waals surface area contributed by atoms with Gasteiger partial charge in [0, 0.05) is 31.2 Å². The molecule has 2 aliphatic rings. The van der Waals surface area contributed by atoms with Crippen LogP contribution in [0.25, 0.3) is 0 Å². The predicted octanol–water partition coefficient (Wildman–Crippen LogP) is 1.08. The summed E-state index contributed by atoms with van der Waals surface area (Å²) >= 11 is 0. The summed E-state index contributed by atoms with van der Waals surface area (Å²) in [5, 5.41) is 3.36. The molecule has 2 fully saturated rings. The highest BCUT2D eigenvalue weighted by molar-refractivity contribution is 5.76. The first-order valence-corrected chi connectivity index (χ1v) is 8.38. The van der Waals surface area contributed by atoms with E-state index in [9.17, 15) is 4.79 Å². The van der Waals surface area contributed by atoms with E-state index >= 15 is 0 Å². The first-order valence-electron chi connectivity index (χ1n) is 8.38. The monoisotopic (exact) mass is 297 g/mol. The lowest BCUT2D eigenvalue weighted by Crippen LogP contribution is -2.50. The molecule has 2 saturated heterocycles. The van der Waals surface area contributed by atoms with Crippen LogP contribution in [0.15, 0.2) is 0 Å². The lowest BCUT2D eigenvalue weighted by Gasteiger charge is -2.29. The topological polar surface area (TPSA) is 44.8 Å². The number of ether oxygens (including phenoxy) is 1. The molecule has 0 aromatic carbocycles. The third-order valence-corrected chi connectivity index (χ3v) is 4.78. The highest BCUT2D eigenvalue weighted by atomic mass is 16.5. The fourth-order valence-electron chi connectivity index (χ4n) is 3.64. The molecule has 0 saturated carbocycles. The molecule has 2 aliphatic heterocycles. The minimum atomic E-state index is -0.216. The van der Waals surface area contributed by atoms with Crippen molar-refractivity contribution in [1.82, 2.24) is 15.1 Å². The Labute approximate surface area is 129 Å². The van der Waals surface area contributed by atoms with Gasteiger partial charge < -0.3 is 10.1 Å². The number of likely N-dealkylation sites (N-methyl/N-ethyl adjacent to an activating group) is 1. The maximum Gasteiger partial charge on any atom is 0.324 e. The third kappa shape index (κ3) is 4.41. The van der Waals surface area contributed by atoms with Crippen LogP contribution in [0.4, 0.5) is 0 Å². The minimum absolute atomic E-state index is 0.117. The fraction of sp³-hybridized carbons (Fsp3) is 0.938. The Morgan fingerprint density at radius 2 is 2.00 bits per heavy atom. The second-order valence-electron chi connectivity index (χ2n) is 6.72. The molecule has 5 heteroatoms. The number of carbonyl (C=O) groups is 1. The Morgan fingerprint density at radius 3 is 2.67 bits per heavy atom. The van der Waals surface area contributed by atoms with Crippen molar-refractivity contribution in [3.05, 3.63) is 0 Å². The summed E-state index contributed by atoms with van der Waals surface area (Å²) in [5.74, 6) is -0.117. The summed E-state index contributed by atoms with van der Waals surface area (Å²) in [4.78, 5) is 17.1. The van der Waals surface area contributed by atoms with Crippen molar-refractivity contribution in [3.8, 4) is 0 Å². The lowest BCUT2D eigenvalue weighted by molar-refractivity contribution is -0.146. The van der Waals surface area contributed by atoms with Gasteiger partial charge in [0.15, 0.2) is 0 Å². The second-order valence-corrected chi connectivity index (χ2v) is 6.72. The summed E-state index contributed by atoms with van der Waals surface area (Å²) in [7, 11) is 2.25. The van der Waals surface area contributed by atoms with E-state index < -0.39 is 0 Å². The average Bonchev–Trinajstić information content (AvgIpc) is 2.65. The summed E-state index contributed by atoms with van der Waals surface area (Å²) < 4.78 is 5.22. The first kappa shape index (κ1) is 16.7. The number of fused-ring (bicyclic) bond motifs is 2. The van der Waals surface area contributed by atoms with Gasteiger partial charge in [-0.05, 0) is 39.8 Å². The molecule has 0 radical (unpaired) electrons. The Morgan fingerprint density at radius 1 is 1.29 bits per heavy atom. The summed E-state index contributed by atoms with van der Waals surface area (Å²) in [6.45, 7) is 9.37. The van der Waals surface area contributed by atoms with Crippen molar-refractivity contribution >= 4 is 5.97 Å². The maximum absolute atomic E-state index is 12.1. The molecule has 5 nitrogen and oxygen atoms in total. The van der Waals surface area contributed by atoms with Gasteiger partial charge in [-0.1, -0.05) is 13.8 Å². The number of rotatable bonds is 6. The molecule has 21 heavy (non-hydrogen) atoms. The number of hydrogen-bond donors (Lipinski definition) is 1. The first-order chi connectivity index (χ1) is 10.0. The number of hydrogen-bond acceptors (Lipinski definition) is 5. The quantitative estimate of drug-likeness (QED) is 0.744. The predicted molar refractivity (Wildman–Crippen MR) is 84.3 cm³/mol. The van der Waals surface area contributed by atoms with E-state index in [0.29, 0.717) is 12.6 Å². The van der Waals surface area contributed by atoms with Gasteiger partial charge in [0.2, 0.25) is 0 Å². The molecule has 0 aromatic rings. The molecule has 122 valence electrons. The van der Waals surface area contributed by atoms with Crippen LogP contribution < -0.4 is 5.32 Å². The fourth-order valence-corrected chi connectivity index (χ4v) is 3.64. The number of likely N-dealkylation sites (tertiary alicyclic amines) is 1. The van der Waals surface area contributed by atoms with Crippen molar-refractivity contribution in [3.63, 3.8) is 0 Å². The van der Waals surface area contributed by atoms with Crippen molar-refractivity contribution in [2.75, 3.05) is 33.3 Å². The summed E-state index contributed by atoms with van der Waals surface area (Å²) in [6, 6.07) is 1.45. The Kier molecular flexibility index (Phi) is 6.02.